The van der Waals surface area contributed by atoms with Crippen LogP contribution in [-0.4, -0.2) is 19.6 Å². The van der Waals surface area contributed by atoms with Crippen molar-refractivity contribution in [1.29, 1.82) is 0 Å². The maximum absolute atomic E-state index is 13.4. The van der Waals surface area contributed by atoms with Crippen LogP contribution in [0.15, 0.2) is 48.5 Å². The second-order valence-electron chi connectivity index (χ2n) is 4.69. The Bertz CT molecular complexity index is 596. The van der Waals surface area contributed by atoms with Crippen LogP contribution in [0.3, 0.4) is 0 Å². The number of carbonyl (C=O) groups excluding carboxylic acids is 1. The quantitative estimate of drug-likeness (QED) is 0.829. The van der Waals surface area contributed by atoms with Crippen LogP contribution < -0.4 is 10.1 Å². The highest BCUT2D eigenvalue weighted by Gasteiger charge is 2.09. The van der Waals surface area contributed by atoms with E-state index in [9.17, 15) is 9.18 Å². The first kappa shape index (κ1) is 15.0. The van der Waals surface area contributed by atoms with E-state index in [1.165, 1.54) is 17.7 Å². The summed E-state index contributed by atoms with van der Waals surface area (Å²) in [5.41, 5.74) is 1.26. The van der Waals surface area contributed by atoms with E-state index in [-0.39, 0.29) is 11.5 Å². The molecule has 1 amide bonds. The Hall–Kier alpha value is -2.36. The first-order chi connectivity index (χ1) is 10.2. The van der Waals surface area contributed by atoms with Crippen molar-refractivity contribution < 1.29 is 13.9 Å². The number of rotatable bonds is 6. The summed E-state index contributed by atoms with van der Waals surface area (Å²) in [6.07, 6.45) is 1.65. The Labute approximate surface area is 123 Å². The van der Waals surface area contributed by atoms with Gasteiger partial charge in [0.25, 0.3) is 5.91 Å². The molecule has 0 unspecified atom stereocenters. The topological polar surface area (TPSA) is 38.3 Å². The van der Waals surface area contributed by atoms with Crippen molar-refractivity contribution in [3.63, 3.8) is 0 Å². The van der Waals surface area contributed by atoms with Gasteiger partial charge in [-0.15, -0.1) is 0 Å². The summed E-state index contributed by atoms with van der Waals surface area (Å²) in [5, 5.41) is 2.73. The minimum Gasteiger partial charge on any atom is -0.497 e. The number of benzene rings is 2. The van der Waals surface area contributed by atoms with Gasteiger partial charge in [0, 0.05) is 6.54 Å². The standard InChI is InChI=1S/C17H18FNO2/c1-21-14-10-8-13(9-11-14)5-4-12-19-17(20)15-6-2-3-7-16(15)18/h2-3,6-11H,4-5,12H2,1H3,(H,19,20). The zero-order valence-corrected chi connectivity index (χ0v) is 11.9. The first-order valence-corrected chi connectivity index (χ1v) is 6.86. The summed E-state index contributed by atoms with van der Waals surface area (Å²) >= 11 is 0. The lowest BCUT2D eigenvalue weighted by Gasteiger charge is -2.06. The predicted molar refractivity (Wildman–Crippen MR) is 80.0 cm³/mol. The smallest absolute Gasteiger partial charge is 0.254 e. The zero-order valence-electron chi connectivity index (χ0n) is 11.9. The fraction of sp³-hybridized carbons (Fsp3) is 0.235. The lowest BCUT2D eigenvalue weighted by molar-refractivity contribution is 0.0949. The molecule has 1 N–H and O–H groups in total. The maximum Gasteiger partial charge on any atom is 0.254 e. The summed E-state index contributed by atoms with van der Waals surface area (Å²) in [4.78, 5) is 11.8. The number of hydrogen-bond donors (Lipinski definition) is 1. The third kappa shape index (κ3) is 4.31. The molecule has 0 spiro atoms. The van der Waals surface area contributed by atoms with E-state index in [4.69, 9.17) is 4.74 Å². The van der Waals surface area contributed by atoms with Gasteiger partial charge in [0.2, 0.25) is 0 Å². The Morgan fingerprint density at radius 2 is 1.86 bits per heavy atom. The van der Waals surface area contributed by atoms with E-state index < -0.39 is 5.82 Å². The van der Waals surface area contributed by atoms with Crippen molar-refractivity contribution >= 4 is 5.91 Å². The van der Waals surface area contributed by atoms with Crippen molar-refractivity contribution in [2.24, 2.45) is 0 Å². The third-order valence-electron chi connectivity index (χ3n) is 3.21. The average molecular weight is 287 g/mol. The molecule has 0 saturated heterocycles. The molecule has 0 aromatic heterocycles. The molecule has 0 radical (unpaired) electrons. The van der Waals surface area contributed by atoms with Gasteiger partial charge < -0.3 is 10.1 Å². The highest BCUT2D eigenvalue weighted by molar-refractivity contribution is 5.94. The average Bonchev–Trinajstić information content (AvgIpc) is 2.52. The molecule has 2 aromatic rings. The number of nitrogens with one attached hydrogen (secondary N) is 1. The fourth-order valence-electron chi connectivity index (χ4n) is 2.03. The zero-order chi connectivity index (χ0) is 15.1. The van der Waals surface area contributed by atoms with Crippen molar-refractivity contribution in [3.8, 4) is 5.75 Å². The summed E-state index contributed by atoms with van der Waals surface area (Å²) < 4.78 is 18.5. The molecule has 2 aromatic carbocycles. The van der Waals surface area contributed by atoms with Crippen LogP contribution >= 0.6 is 0 Å². The lowest BCUT2D eigenvalue weighted by atomic mass is 10.1. The molecule has 4 heteroatoms. The van der Waals surface area contributed by atoms with Gasteiger partial charge in [-0.2, -0.15) is 0 Å². The number of methoxy groups -OCH3 is 1. The summed E-state index contributed by atoms with van der Waals surface area (Å²) in [7, 11) is 1.63. The molecule has 0 aliphatic carbocycles. The number of aryl methyl sites for hydroxylation is 1. The van der Waals surface area contributed by atoms with Crippen LogP contribution in [0.4, 0.5) is 4.39 Å². The molecule has 0 fully saturated rings. The van der Waals surface area contributed by atoms with E-state index >= 15 is 0 Å². The van der Waals surface area contributed by atoms with Crippen molar-refractivity contribution in [2.45, 2.75) is 12.8 Å². The summed E-state index contributed by atoms with van der Waals surface area (Å²) in [6.45, 7) is 0.513. The van der Waals surface area contributed by atoms with Crippen molar-refractivity contribution in [1.82, 2.24) is 5.32 Å². The van der Waals surface area contributed by atoms with Crippen LogP contribution in [0.2, 0.25) is 0 Å². The molecule has 0 aliphatic heterocycles. The summed E-state index contributed by atoms with van der Waals surface area (Å²) in [6, 6.07) is 13.8. The van der Waals surface area contributed by atoms with Gasteiger partial charge in [-0.3, -0.25) is 4.79 Å². The summed E-state index contributed by atoms with van der Waals surface area (Å²) in [5.74, 6) is -0.0420. The van der Waals surface area contributed by atoms with Gasteiger partial charge >= 0.3 is 0 Å². The van der Waals surface area contributed by atoms with Gasteiger partial charge in [-0.25, -0.2) is 4.39 Å². The van der Waals surface area contributed by atoms with Crippen LogP contribution in [0.1, 0.15) is 22.3 Å². The van der Waals surface area contributed by atoms with Gasteiger partial charge in [0.15, 0.2) is 0 Å². The number of halogens is 1. The Balaban J connectivity index is 1.76. The van der Waals surface area contributed by atoms with Gasteiger partial charge in [0.1, 0.15) is 11.6 Å². The molecular formula is C17H18FNO2. The predicted octanol–water partition coefficient (Wildman–Crippen LogP) is 3.20. The first-order valence-electron chi connectivity index (χ1n) is 6.86. The Kier molecular flexibility index (Phi) is 5.32. The van der Waals surface area contributed by atoms with E-state index in [0.717, 1.165) is 18.6 Å². The van der Waals surface area contributed by atoms with E-state index in [0.29, 0.717) is 6.54 Å². The van der Waals surface area contributed by atoms with Gasteiger partial charge in [-0.05, 0) is 42.7 Å². The normalized spacial score (nSPS) is 10.2. The highest BCUT2D eigenvalue weighted by Crippen LogP contribution is 2.12. The lowest BCUT2D eigenvalue weighted by Crippen LogP contribution is -2.25. The number of hydrogen-bond acceptors (Lipinski definition) is 2. The molecule has 0 heterocycles. The molecule has 0 bridgehead atoms. The SMILES string of the molecule is COc1ccc(CCCNC(=O)c2ccccc2F)cc1. The molecule has 0 atom stereocenters. The van der Waals surface area contributed by atoms with Crippen LogP contribution in [0.25, 0.3) is 0 Å². The van der Waals surface area contributed by atoms with Gasteiger partial charge in [-0.1, -0.05) is 24.3 Å². The van der Waals surface area contributed by atoms with Crippen LogP contribution in [0, 0.1) is 5.82 Å². The largest absolute Gasteiger partial charge is 0.497 e. The molecular weight excluding hydrogens is 269 g/mol. The monoisotopic (exact) mass is 287 g/mol. The van der Waals surface area contributed by atoms with Gasteiger partial charge in [0.05, 0.1) is 12.7 Å². The fourth-order valence-corrected chi connectivity index (χ4v) is 2.03. The molecule has 21 heavy (non-hydrogen) atoms. The van der Waals surface area contributed by atoms with Crippen LogP contribution in [-0.2, 0) is 6.42 Å². The van der Waals surface area contributed by atoms with E-state index in [1.807, 2.05) is 24.3 Å². The van der Waals surface area contributed by atoms with Crippen molar-refractivity contribution in [3.05, 3.63) is 65.5 Å². The van der Waals surface area contributed by atoms with E-state index in [1.54, 1.807) is 19.2 Å². The molecule has 0 saturated carbocycles. The number of ether oxygens (including phenoxy) is 1. The van der Waals surface area contributed by atoms with E-state index in [2.05, 4.69) is 5.32 Å². The molecule has 3 nitrogen and oxygen atoms in total. The highest BCUT2D eigenvalue weighted by atomic mass is 19.1. The second kappa shape index (κ2) is 7.43. The second-order valence-corrected chi connectivity index (χ2v) is 4.69. The number of amides is 1. The number of carbonyl (C=O) groups is 1. The van der Waals surface area contributed by atoms with Crippen molar-refractivity contribution in [2.75, 3.05) is 13.7 Å². The third-order valence-corrected chi connectivity index (χ3v) is 3.21. The maximum atomic E-state index is 13.4. The minimum atomic E-state index is -0.495. The minimum absolute atomic E-state index is 0.0851. The van der Waals surface area contributed by atoms with Crippen LogP contribution in [0.5, 0.6) is 5.75 Å². The Morgan fingerprint density at radius 1 is 1.14 bits per heavy atom. The molecule has 110 valence electrons. The Morgan fingerprint density at radius 3 is 2.52 bits per heavy atom. The molecule has 0 aliphatic rings. The molecule has 2 rings (SSSR count).